The number of amides is 2. The molecule has 2 atom stereocenters. The van der Waals surface area contributed by atoms with Crippen LogP contribution in [0.4, 0.5) is 4.79 Å². The Morgan fingerprint density at radius 3 is 2.58 bits per heavy atom. The maximum atomic E-state index is 12.5. The van der Waals surface area contributed by atoms with E-state index in [1.165, 1.54) is 0 Å². The fourth-order valence-corrected chi connectivity index (χ4v) is 2.41. The molecule has 2 fully saturated rings. The molecule has 106 valence electrons. The Balaban J connectivity index is 2.22. The molecule has 2 aliphatic rings. The number of ether oxygens (including phenoxy) is 1. The quantitative estimate of drug-likeness (QED) is 0.575. The summed E-state index contributed by atoms with van der Waals surface area (Å²) in [6.07, 6.45) is 2.47. The average Bonchev–Trinajstić information content (AvgIpc) is 3.03. The van der Waals surface area contributed by atoms with Crippen LogP contribution in [0.3, 0.4) is 0 Å². The first-order valence-corrected chi connectivity index (χ1v) is 6.51. The van der Waals surface area contributed by atoms with Crippen LogP contribution in [-0.2, 0) is 19.3 Å². The predicted molar refractivity (Wildman–Crippen MR) is 66.1 cm³/mol. The molecule has 0 aromatic rings. The van der Waals surface area contributed by atoms with E-state index >= 15 is 0 Å². The van der Waals surface area contributed by atoms with Crippen LogP contribution in [0.25, 0.3) is 0 Å². The van der Waals surface area contributed by atoms with Gasteiger partial charge in [0.05, 0.1) is 6.54 Å². The van der Waals surface area contributed by atoms with Crippen LogP contribution in [-0.4, -0.2) is 41.3 Å². The van der Waals surface area contributed by atoms with Crippen molar-refractivity contribution in [3.63, 3.8) is 0 Å². The molecule has 6 heteroatoms. The molecule has 2 rings (SSSR count). The van der Waals surface area contributed by atoms with E-state index in [9.17, 15) is 9.59 Å². The zero-order chi connectivity index (χ0) is 14.1. The molecular weight excluding hydrogens is 250 g/mol. The molecular formula is C13H19NO5. The third kappa shape index (κ3) is 2.15. The maximum Gasteiger partial charge on any atom is 0.416 e. The maximum absolute atomic E-state index is 12.5. The summed E-state index contributed by atoms with van der Waals surface area (Å²) in [4.78, 5) is 35.8. The topological polar surface area (TPSA) is 65.1 Å². The monoisotopic (exact) mass is 269 g/mol. The van der Waals surface area contributed by atoms with Crippen molar-refractivity contribution in [2.45, 2.75) is 44.3 Å². The Morgan fingerprint density at radius 2 is 2.16 bits per heavy atom. The highest BCUT2D eigenvalue weighted by atomic mass is 17.2. The SMILES string of the molecule is C=C[C@@]1(CC)C[C@](CC)(C(=O)N2CCOC2=O)OO1. The lowest BCUT2D eigenvalue weighted by atomic mass is 9.83. The first-order chi connectivity index (χ1) is 9.02. The van der Waals surface area contributed by atoms with E-state index in [1.807, 2.05) is 13.8 Å². The van der Waals surface area contributed by atoms with Gasteiger partial charge in [-0.25, -0.2) is 19.5 Å². The Kier molecular flexibility index (Phi) is 3.64. The first kappa shape index (κ1) is 14.0. The number of carbonyl (C=O) groups is 2. The highest BCUT2D eigenvalue weighted by Crippen LogP contribution is 2.42. The Morgan fingerprint density at radius 1 is 1.42 bits per heavy atom. The summed E-state index contributed by atoms with van der Waals surface area (Å²) in [6.45, 7) is 7.99. The van der Waals surface area contributed by atoms with Gasteiger partial charge in [0.15, 0.2) is 5.60 Å². The van der Waals surface area contributed by atoms with Crippen molar-refractivity contribution in [2.75, 3.05) is 13.2 Å². The minimum absolute atomic E-state index is 0.228. The smallest absolute Gasteiger partial charge is 0.416 e. The molecule has 0 aromatic heterocycles. The molecule has 0 unspecified atom stereocenters. The molecule has 0 saturated carbocycles. The summed E-state index contributed by atoms with van der Waals surface area (Å²) >= 11 is 0. The van der Waals surface area contributed by atoms with E-state index in [1.54, 1.807) is 6.08 Å². The molecule has 0 bridgehead atoms. The van der Waals surface area contributed by atoms with E-state index in [4.69, 9.17) is 14.5 Å². The van der Waals surface area contributed by atoms with E-state index in [2.05, 4.69) is 6.58 Å². The largest absolute Gasteiger partial charge is 0.447 e. The van der Waals surface area contributed by atoms with Gasteiger partial charge in [0.25, 0.3) is 5.91 Å². The molecule has 19 heavy (non-hydrogen) atoms. The molecule has 0 aromatic carbocycles. The highest BCUT2D eigenvalue weighted by molar-refractivity contribution is 5.98. The van der Waals surface area contributed by atoms with Gasteiger partial charge < -0.3 is 4.74 Å². The number of imide groups is 1. The highest BCUT2D eigenvalue weighted by Gasteiger charge is 2.56. The third-order valence-corrected chi connectivity index (χ3v) is 3.89. The molecule has 0 N–H and O–H groups in total. The van der Waals surface area contributed by atoms with Crippen molar-refractivity contribution < 1.29 is 24.1 Å². The summed E-state index contributed by atoms with van der Waals surface area (Å²) in [5, 5.41) is 0. The average molecular weight is 269 g/mol. The van der Waals surface area contributed by atoms with Gasteiger partial charge in [-0.15, -0.1) is 6.58 Å². The van der Waals surface area contributed by atoms with Gasteiger partial charge in [0, 0.05) is 6.42 Å². The van der Waals surface area contributed by atoms with Crippen molar-refractivity contribution in [3.05, 3.63) is 12.7 Å². The van der Waals surface area contributed by atoms with Crippen LogP contribution in [0, 0.1) is 0 Å². The summed E-state index contributed by atoms with van der Waals surface area (Å²) < 4.78 is 4.79. The van der Waals surface area contributed by atoms with Crippen molar-refractivity contribution in [1.82, 2.24) is 4.90 Å². The van der Waals surface area contributed by atoms with Crippen molar-refractivity contribution in [2.24, 2.45) is 0 Å². The zero-order valence-corrected chi connectivity index (χ0v) is 11.3. The molecule has 0 radical (unpaired) electrons. The summed E-state index contributed by atoms with van der Waals surface area (Å²) in [6, 6.07) is 0. The molecule has 0 aliphatic carbocycles. The number of cyclic esters (lactones) is 1. The molecule has 2 aliphatic heterocycles. The molecule has 6 nitrogen and oxygen atoms in total. The second-order valence-corrected chi connectivity index (χ2v) is 4.88. The number of hydrogen-bond acceptors (Lipinski definition) is 5. The van der Waals surface area contributed by atoms with Crippen LogP contribution >= 0.6 is 0 Å². The summed E-state index contributed by atoms with van der Waals surface area (Å²) in [5.74, 6) is -0.394. The number of nitrogens with zero attached hydrogens (tertiary/aromatic N) is 1. The molecule has 0 spiro atoms. The fourth-order valence-electron chi connectivity index (χ4n) is 2.41. The van der Waals surface area contributed by atoms with E-state index < -0.39 is 23.2 Å². The number of rotatable bonds is 4. The van der Waals surface area contributed by atoms with E-state index in [0.29, 0.717) is 19.3 Å². The van der Waals surface area contributed by atoms with Crippen LogP contribution < -0.4 is 0 Å². The minimum atomic E-state index is -1.13. The molecule has 2 heterocycles. The zero-order valence-electron chi connectivity index (χ0n) is 11.3. The van der Waals surface area contributed by atoms with Gasteiger partial charge in [0.2, 0.25) is 0 Å². The second kappa shape index (κ2) is 4.94. The van der Waals surface area contributed by atoms with Crippen molar-refractivity contribution in [3.8, 4) is 0 Å². The van der Waals surface area contributed by atoms with Gasteiger partial charge in [-0.05, 0) is 12.8 Å². The van der Waals surface area contributed by atoms with Crippen molar-refractivity contribution >= 4 is 12.0 Å². The van der Waals surface area contributed by atoms with E-state index in [0.717, 1.165) is 4.90 Å². The molecule has 2 saturated heterocycles. The van der Waals surface area contributed by atoms with Gasteiger partial charge in [0.1, 0.15) is 12.2 Å². The van der Waals surface area contributed by atoms with Gasteiger partial charge in [-0.1, -0.05) is 19.9 Å². The lowest BCUT2D eigenvalue weighted by Crippen LogP contribution is -2.49. The van der Waals surface area contributed by atoms with Crippen LogP contribution in [0.5, 0.6) is 0 Å². The second-order valence-electron chi connectivity index (χ2n) is 4.88. The first-order valence-electron chi connectivity index (χ1n) is 6.51. The standard InChI is InChI=1S/C13H19NO5/c1-4-12(5-2)9-13(6-3,19-18-12)10(15)14-7-8-17-11(14)16/h4H,1,5-9H2,2-3H3/t12-,13-/m1/s1. The third-order valence-electron chi connectivity index (χ3n) is 3.89. The summed E-state index contributed by atoms with van der Waals surface area (Å²) in [5.41, 5.74) is -1.80. The minimum Gasteiger partial charge on any atom is -0.447 e. The normalized spacial score (nSPS) is 34.4. The van der Waals surface area contributed by atoms with Gasteiger partial charge >= 0.3 is 6.09 Å². The predicted octanol–water partition coefficient (Wildman–Crippen LogP) is 1.80. The van der Waals surface area contributed by atoms with Gasteiger partial charge in [-0.2, -0.15) is 0 Å². The van der Waals surface area contributed by atoms with Crippen LogP contribution in [0.2, 0.25) is 0 Å². The lowest BCUT2D eigenvalue weighted by Gasteiger charge is -2.26. The number of carbonyl (C=O) groups excluding carboxylic acids is 2. The van der Waals surface area contributed by atoms with Crippen LogP contribution in [0.15, 0.2) is 12.7 Å². The van der Waals surface area contributed by atoms with Gasteiger partial charge in [-0.3, -0.25) is 4.79 Å². The van der Waals surface area contributed by atoms with E-state index in [-0.39, 0.29) is 13.2 Å². The fraction of sp³-hybridized carbons (Fsp3) is 0.692. The Labute approximate surface area is 112 Å². The number of hydrogen-bond donors (Lipinski definition) is 0. The lowest BCUT2D eigenvalue weighted by molar-refractivity contribution is -0.335. The Bertz CT molecular complexity index is 410. The summed E-state index contributed by atoms with van der Waals surface area (Å²) in [7, 11) is 0. The van der Waals surface area contributed by atoms with Crippen LogP contribution in [0.1, 0.15) is 33.1 Å². The van der Waals surface area contributed by atoms with Crippen molar-refractivity contribution in [1.29, 1.82) is 0 Å². The molecule has 2 amide bonds. The Hall–Kier alpha value is -1.40.